The van der Waals surface area contributed by atoms with Crippen LogP contribution in [-0.4, -0.2) is 29.1 Å². The lowest BCUT2D eigenvalue weighted by Crippen LogP contribution is -2.24. The summed E-state index contributed by atoms with van der Waals surface area (Å²) in [6, 6.07) is 6.79. The van der Waals surface area contributed by atoms with Crippen molar-refractivity contribution in [3.8, 4) is 0 Å². The van der Waals surface area contributed by atoms with E-state index in [0.717, 1.165) is 46.5 Å². The van der Waals surface area contributed by atoms with Crippen LogP contribution in [0, 0.1) is 12.7 Å². The number of halogens is 1. The molecule has 1 atom stereocenters. The Balaban J connectivity index is 1.78. The smallest absolute Gasteiger partial charge is 0.348 e. The van der Waals surface area contributed by atoms with Gasteiger partial charge in [0.1, 0.15) is 27.7 Å². The van der Waals surface area contributed by atoms with Gasteiger partial charge in [-0.2, -0.15) is 0 Å². The third kappa shape index (κ3) is 3.16. The van der Waals surface area contributed by atoms with Gasteiger partial charge in [-0.15, -0.1) is 11.3 Å². The van der Waals surface area contributed by atoms with Gasteiger partial charge < -0.3 is 9.64 Å². The molecule has 5 nitrogen and oxygen atoms in total. The Morgan fingerprint density at radius 1 is 1.33 bits per heavy atom. The number of anilines is 1. The molecule has 3 heterocycles. The number of carbonyl (C=O) groups excluding carboxylic acids is 1. The molecule has 1 saturated heterocycles. The molecule has 1 fully saturated rings. The van der Waals surface area contributed by atoms with Crippen LogP contribution < -0.4 is 4.90 Å². The Morgan fingerprint density at radius 3 is 2.85 bits per heavy atom. The molecule has 27 heavy (non-hydrogen) atoms. The second-order valence-electron chi connectivity index (χ2n) is 6.56. The van der Waals surface area contributed by atoms with Crippen molar-refractivity contribution in [3.05, 3.63) is 52.4 Å². The van der Waals surface area contributed by atoms with Gasteiger partial charge in [0.15, 0.2) is 0 Å². The Labute approximate surface area is 160 Å². The van der Waals surface area contributed by atoms with E-state index < -0.39 is 0 Å². The van der Waals surface area contributed by atoms with Crippen LogP contribution in [0.5, 0.6) is 0 Å². The second-order valence-corrected chi connectivity index (χ2v) is 7.56. The summed E-state index contributed by atoms with van der Waals surface area (Å²) in [6.07, 6.45) is 3.55. The highest BCUT2D eigenvalue weighted by atomic mass is 32.1. The first-order valence-corrected chi connectivity index (χ1v) is 9.85. The molecule has 0 amide bonds. The number of fused-ring (bicyclic) bond motifs is 1. The number of esters is 1. The fraction of sp³-hybridized carbons (Fsp3) is 0.350. The summed E-state index contributed by atoms with van der Waals surface area (Å²) < 4.78 is 18.5. The minimum atomic E-state index is -0.319. The summed E-state index contributed by atoms with van der Waals surface area (Å²) in [5.74, 6) is 0.275. The standard InChI is InChI=1S/C20H20FN3O2S/c1-3-26-20(25)17-12(2)16-18(22-11-23-19(16)27-17)24-10-4-5-15(24)13-6-8-14(21)9-7-13/h6-9,11,15H,3-5,10H2,1-2H3. The molecular formula is C20H20FN3O2S. The van der Waals surface area contributed by atoms with Gasteiger partial charge in [0, 0.05) is 6.54 Å². The van der Waals surface area contributed by atoms with Crippen LogP contribution >= 0.6 is 11.3 Å². The fourth-order valence-corrected chi connectivity index (χ4v) is 4.75. The molecule has 0 saturated carbocycles. The fourth-order valence-electron chi connectivity index (χ4n) is 3.71. The predicted octanol–water partition coefficient (Wildman–Crippen LogP) is 4.66. The first-order valence-electron chi connectivity index (χ1n) is 9.03. The van der Waals surface area contributed by atoms with Gasteiger partial charge >= 0.3 is 5.97 Å². The normalized spacial score (nSPS) is 16.9. The van der Waals surface area contributed by atoms with Crippen LogP contribution in [0.25, 0.3) is 10.2 Å². The zero-order valence-electron chi connectivity index (χ0n) is 15.2. The van der Waals surface area contributed by atoms with Crippen molar-refractivity contribution in [1.29, 1.82) is 0 Å². The molecule has 1 unspecified atom stereocenters. The number of carbonyl (C=O) groups is 1. The highest BCUT2D eigenvalue weighted by molar-refractivity contribution is 7.20. The van der Waals surface area contributed by atoms with E-state index in [2.05, 4.69) is 14.9 Å². The van der Waals surface area contributed by atoms with Crippen molar-refractivity contribution in [2.75, 3.05) is 18.1 Å². The molecule has 0 bridgehead atoms. The Morgan fingerprint density at radius 2 is 2.11 bits per heavy atom. The SMILES string of the molecule is CCOC(=O)c1sc2ncnc(N3CCCC3c3ccc(F)cc3)c2c1C. The van der Waals surface area contributed by atoms with Crippen molar-refractivity contribution in [2.45, 2.75) is 32.7 Å². The van der Waals surface area contributed by atoms with E-state index in [9.17, 15) is 9.18 Å². The maximum absolute atomic E-state index is 13.3. The Bertz CT molecular complexity index is 987. The van der Waals surface area contributed by atoms with E-state index in [0.29, 0.717) is 11.5 Å². The average Bonchev–Trinajstić information content (AvgIpc) is 3.28. The highest BCUT2D eigenvalue weighted by Gasteiger charge is 2.30. The Kier molecular flexibility index (Phi) is 4.78. The molecule has 1 aliphatic rings. The molecule has 0 radical (unpaired) electrons. The van der Waals surface area contributed by atoms with E-state index in [1.807, 2.05) is 19.1 Å². The number of hydrogen-bond donors (Lipinski definition) is 0. The van der Waals surface area contributed by atoms with Gasteiger partial charge in [0.05, 0.1) is 18.0 Å². The van der Waals surface area contributed by atoms with E-state index in [-0.39, 0.29) is 17.8 Å². The third-order valence-corrected chi connectivity index (χ3v) is 6.13. The minimum Gasteiger partial charge on any atom is -0.462 e. The number of thiophene rings is 1. The van der Waals surface area contributed by atoms with Gasteiger partial charge in [-0.1, -0.05) is 12.1 Å². The number of aryl methyl sites for hydroxylation is 1. The molecule has 0 spiro atoms. The summed E-state index contributed by atoms with van der Waals surface area (Å²) in [5.41, 5.74) is 1.92. The summed E-state index contributed by atoms with van der Waals surface area (Å²) in [7, 11) is 0. The molecule has 0 aliphatic carbocycles. The lowest BCUT2D eigenvalue weighted by Gasteiger charge is -2.26. The zero-order valence-corrected chi connectivity index (χ0v) is 16.1. The van der Waals surface area contributed by atoms with Crippen LogP contribution in [0.4, 0.5) is 10.2 Å². The lowest BCUT2D eigenvalue weighted by molar-refractivity contribution is 0.0531. The molecule has 7 heteroatoms. The molecule has 0 N–H and O–H groups in total. The first kappa shape index (κ1) is 17.9. The maximum Gasteiger partial charge on any atom is 0.348 e. The van der Waals surface area contributed by atoms with Crippen molar-refractivity contribution >= 4 is 33.3 Å². The van der Waals surface area contributed by atoms with Crippen molar-refractivity contribution < 1.29 is 13.9 Å². The molecule has 3 aromatic rings. The van der Waals surface area contributed by atoms with Gasteiger partial charge in [0.2, 0.25) is 0 Å². The van der Waals surface area contributed by atoms with Gasteiger partial charge in [-0.05, 0) is 49.9 Å². The zero-order chi connectivity index (χ0) is 19.0. The average molecular weight is 385 g/mol. The van der Waals surface area contributed by atoms with Crippen LogP contribution in [0.3, 0.4) is 0 Å². The Hall–Kier alpha value is -2.54. The van der Waals surface area contributed by atoms with Gasteiger partial charge in [-0.3, -0.25) is 0 Å². The predicted molar refractivity (Wildman–Crippen MR) is 104 cm³/mol. The number of hydrogen-bond acceptors (Lipinski definition) is 6. The number of nitrogens with zero attached hydrogens (tertiary/aromatic N) is 3. The maximum atomic E-state index is 13.3. The van der Waals surface area contributed by atoms with E-state index in [1.165, 1.54) is 23.5 Å². The topological polar surface area (TPSA) is 55.3 Å². The van der Waals surface area contributed by atoms with Crippen molar-refractivity contribution in [1.82, 2.24) is 9.97 Å². The van der Waals surface area contributed by atoms with Crippen LogP contribution in [0.2, 0.25) is 0 Å². The van der Waals surface area contributed by atoms with E-state index in [1.54, 1.807) is 13.3 Å². The molecule has 1 aliphatic heterocycles. The summed E-state index contributed by atoms with van der Waals surface area (Å²) >= 11 is 1.34. The van der Waals surface area contributed by atoms with E-state index in [4.69, 9.17) is 4.74 Å². The number of ether oxygens (including phenoxy) is 1. The molecule has 2 aromatic heterocycles. The van der Waals surface area contributed by atoms with E-state index >= 15 is 0 Å². The highest BCUT2D eigenvalue weighted by Crippen LogP contribution is 2.41. The summed E-state index contributed by atoms with van der Waals surface area (Å²) in [6.45, 7) is 4.91. The van der Waals surface area contributed by atoms with Crippen LogP contribution in [0.1, 0.15) is 46.6 Å². The molecular weight excluding hydrogens is 365 g/mol. The van der Waals surface area contributed by atoms with Gasteiger partial charge in [0.25, 0.3) is 0 Å². The first-order chi connectivity index (χ1) is 13.1. The van der Waals surface area contributed by atoms with Gasteiger partial charge in [-0.25, -0.2) is 19.2 Å². The third-order valence-electron chi connectivity index (χ3n) is 4.95. The lowest BCUT2D eigenvalue weighted by atomic mass is 10.0. The number of rotatable bonds is 4. The van der Waals surface area contributed by atoms with Crippen molar-refractivity contribution in [2.24, 2.45) is 0 Å². The molecule has 4 rings (SSSR count). The second kappa shape index (κ2) is 7.23. The van der Waals surface area contributed by atoms with Crippen molar-refractivity contribution in [3.63, 3.8) is 0 Å². The quantitative estimate of drug-likeness (QED) is 0.612. The monoisotopic (exact) mass is 385 g/mol. The molecule has 140 valence electrons. The number of aromatic nitrogens is 2. The number of benzene rings is 1. The summed E-state index contributed by atoms with van der Waals surface area (Å²) in [5, 5.41) is 0.902. The minimum absolute atomic E-state index is 0.133. The van der Waals surface area contributed by atoms with Crippen LogP contribution in [-0.2, 0) is 4.74 Å². The largest absolute Gasteiger partial charge is 0.462 e. The van der Waals surface area contributed by atoms with Crippen LogP contribution in [0.15, 0.2) is 30.6 Å². The summed E-state index contributed by atoms with van der Waals surface area (Å²) in [4.78, 5) is 24.8. The molecule has 1 aromatic carbocycles.